The van der Waals surface area contributed by atoms with Crippen molar-refractivity contribution in [3.05, 3.63) is 53.6 Å². The van der Waals surface area contributed by atoms with Crippen LogP contribution < -0.4 is 14.4 Å². The summed E-state index contributed by atoms with van der Waals surface area (Å²) in [4.78, 5) is 23.9. The molecule has 0 aromatic heterocycles. The Hall–Kier alpha value is -2.87. The summed E-state index contributed by atoms with van der Waals surface area (Å²) in [6.07, 6.45) is 1.54. The van der Waals surface area contributed by atoms with E-state index in [0.717, 1.165) is 18.4 Å². The first-order valence-electron chi connectivity index (χ1n) is 9.04. The van der Waals surface area contributed by atoms with E-state index in [0.29, 0.717) is 17.9 Å². The van der Waals surface area contributed by atoms with E-state index in [4.69, 9.17) is 4.74 Å². The van der Waals surface area contributed by atoms with Crippen LogP contribution in [-0.4, -0.2) is 32.6 Å². The van der Waals surface area contributed by atoms with Gasteiger partial charge in [0, 0.05) is 19.2 Å². The average Bonchev–Trinajstić information content (AvgIpc) is 2.67. The van der Waals surface area contributed by atoms with E-state index in [1.165, 1.54) is 11.2 Å². The van der Waals surface area contributed by atoms with Crippen molar-refractivity contribution in [3.8, 4) is 5.75 Å². The van der Waals surface area contributed by atoms with Gasteiger partial charge in [-0.05, 0) is 49.6 Å². The molecule has 0 aliphatic carbocycles. The van der Waals surface area contributed by atoms with Gasteiger partial charge in [-0.15, -0.1) is 0 Å². The van der Waals surface area contributed by atoms with Gasteiger partial charge in [-0.3, -0.25) is 13.9 Å². The number of esters is 1. The number of nitrogens with zero attached hydrogens (tertiary/aromatic N) is 1. The van der Waals surface area contributed by atoms with Crippen LogP contribution in [0, 0.1) is 0 Å². The van der Waals surface area contributed by atoms with Crippen molar-refractivity contribution in [2.75, 3.05) is 21.9 Å². The minimum absolute atomic E-state index is 0.0127. The molecule has 0 spiro atoms. The number of aryl methyl sites for hydroxylation is 1. The van der Waals surface area contributed by atoms with Crippen molar-refractivity contribution < 1.29 is 22.7 Å². The molecular weight excluding hydrogens is 380 g/mol. The Kier molecular flexibility index (Phi) is 5.69. The van der Waals surface area contributed by atoms with Gasteiger partial charge in [-0.25, -0.2) is 8.42 Å². The molecule has 1 aliphatic heterocycles. The summed E-state index contributed by atoms with van der Waals surface area (Å²) in [6.45, 7) is 3.30. The normalized spacial score (nSPS) is 13.6. The summed E-state index contributed by atoms with van der Waals surface area (Å²) in [6, 6.07) is 11.7. The number of rotatable bonds is 5. The van der Waals surface area contributed by atoms with Crippen molar-refractivity contribution in [3.63, 3.8) is 0 Å². The first-order valence-corrected chi connectivity index (χ1v) is 10.6. The molecule has 148 valence electrons. The number of sulfonamides is 1. The molecule has 1 aliphatic rings. The average molecular weight is 402 g/mol. The van der Waals surface area contributed by atoms with Crippen LogP contribution in [0.25, 0.3) is 0 Å². The minimum atomic E-state index is -3.39. The fourth-order valence-corrected chi connectivity index (χ4v) is 4.35. The topological polar surface area (TPSA) is 92.8 Å². The predicted molar refractivity (Wildman–Crippen MR) is 107 cm³/mol. The molecule has 0 saturated heterocycles. The Bertz CT molecular complexity index is 1020. The Morgan fingerprint density at radius 3 is 2.64 bits per heavy atom. The third-order valence-electron chi connectivity index (χ3n) is 4.51. The number of carbonyl (C=O) groups excluding carboxylic acids is 2. The number of carbonyl (C=O) groups is 2. The lowest BCUT2D eigenvalue weighted by Gasteiger charge is -2.30. The van der Waals surface area contributed by atoms with Crippen molar-refractivity contribution in [1.29, 1.82) is 0 Å². The van der Waals surface area contributed by atoms with Crippen molar-refractivity contribution in [2.24, 2.45) is 0 Å². The molecule has 3 rings (SSSR count). The molecule has 0 atom stereocenters. The molecule has 1 N–H and O–H groups in total. The maximum Gasteiger partial charge on any atom is 0.308 e. The SMILES string of the molecule is CCS(=O)(=O)N1CCCc2ccc(NC(=O)c3ccccc3OC(C)=O)cc21. The molecule has 0 unspecified atom stereocenters. The van der Waals surface area contributed by atoms with Gasteiger partial charge in [-0.1, -0.05) is 18.2 Å². The van der Waals surface area contributed by atoms with Crippen LogP contribution in [0.4, 0.5) is 11.4 Å². The van der Waals surface area contributed by atoms with Gasteiger partial charge >= 0.3 is 5.97 Å². The second kappa shape index (κ2) is 8.02. The fourth-order valence-electron chi connectivity index (χ4n) is 3.16. The molecule has 8 heteroatoms. The zero-order valence-electron chi connectivity index (χ0n) is 15.8. The third-order valence-corrected chi connectivity index (χ3v) is 6.29. The third kappa shape index (κ3) is 4.17. The number of para-hydroxylation sites is 1. The molecule has 1 heterocycles. The summed E-state index contributed by atoms with van der Waals surface area (Å²) in [5, 5.41) is 2.76. The number of ether oxygens (including phenoxy) is 1. The van der Waals surface area contributed by atoms with Crippen molar-refractivity contribution >= 4 is 33.3 Å². The molecule has 1 amide bonds. The summed E-state index contributed by atoms with van der Waals surface area (Å²) < 4.78 is 31.3. The molecule has 0 fully saturated rings. The Labute approximate surface area is 164 Å². The van der Waals surface area contributed by atoms with Gasteiger partial charge in [0.05, 0.1) is 17.0 Å². The highest BCUT2D eigenvalue weighted by molar-refractivity contribution is 7.92. The second-order valence-electron chi connectivity index (χ2n) is 6.46. The Balaban J connectivity index is 1.90. The summed E-state index contributed by atoms with van der Waals surface area (Å²) in [5.74, 6) is -0.786. The molecule has 2 aromatic rings. The van der Waals surface area contributed by atoms with Crippen molar-refractivity contribution in [2.45, 2.75) is 26.7 Å². The zero-order chi connectivity index (χ0) is 20.3. The highest BCUT2D eigenvalue weighted by Gasteiger charge is 2.26. The van der Waals surface area contributed by atoms with Gasteiger partial charge in [-0.2, -0.15) is 0 Å². The quantitative estimate of drug-likeness (QED) is 0.613. The van der Waals surface area contributed by atoms with E-state index < -0.39 is 21.9 Å². The van der Waals surface area contributed by atoms with Crippen LogP contribution in [0.1, 0.15) is 36.2 Å². The molecule has 7 nitrogen and oxygen atoms in total. The van der Waals surface area contributed by atoms with Crippen LogP contribution in [0.15, 0.2) is 42.5 Å². The maximum atomic E-state index is 12.7. The number of nitrogens with one attached hydrogen (secondary N) is 1. The Morgan fingerprint density at radius 2 is 1.93 bits per heavy atom. The van der Waals surface area contributed by atoms with Crippen molar-refractivity contribution in [1.82, 2.24) is 0 Å². The molecular formula is C20H22N2O5S. The lowest BCUT2D eigenvalue weighted by Crippen LogP contribution is -2.36. The summed E-state index contributed by atoms with van der Waals surface area (Å²) in [5.41, 5.74) is 2.22. The zero-order valence-corrected chi connectivity index (χ0v) is 16.6. The fraction of sp³-hybridized carbons (Fsp3) is 0.300. The number of hydrogen-bond acceptors (Lipinski definition) is 5. The minimum Gasteiger partial charge on any atom is -0.426 e. The highest BCUT2D eigenvalue weighted by Crippen LogP contribution is 2.32. The van der Waals surface area contributed by atoms with Crippen LogP contribution >= 0.6 is 0 Å². The number of amides is 1. The van der Waals surface area contributed by atoms with Gasteiger partial charge in [0.1, 0.15) is 5.75 Å². The van der Waals surface area contributed by atoms with E-state index >= 15 is 0 Å². The number of hydrogen-bond donors (Lipinski definition) is 1. The van der Waals surface area contributed by atoms with Gasteiger partial charge in [0.2, 0.25) is 10.0 Å². The molecule has 2 aromatic carbocycles. The number of fused-ring (bicyclic) bond motifs is 1. The molecule has 0 radical (unpaired) electrons. The molecule has 28 heavy (non-hydrogen) atoms. The van der Waals surface area contributed by atoms with Gasteiger partial charge in [0.15, 0.2) is 0 Å². The van der Waals surface area contributed by atoms with Gasteiger partial charge < -0.3 is 10.1 Å². The Morgan fingerprint density at radius 1 is 1.18 bits per heavy atom. The first-order chi connectivity index (χ1) is 13.3. The van der Waals surface area contributed by atoms with E-state index in [1.807, 2.05) is 6.07 Å². The molecule has 0 saturated carbocycles. The second-order valence-corrected chi connectivity index (χ2v) is 8.65. The lowest BCUT2D eigenvalue weighted by atomic mass is 10.0. The first kappa shape index (κ1) is 19.9. The van der Waals surface area contributed by atoms with Crippen LogP contribution in [0.2, 0.25) is 0 Å². The largest absolute Gasteiger partial charge is 0.426 e. The predicted octanol–water partition coefficient (Wildman–Crippen LogP) is 2.97. The van der Waals surface area contributed by atoms with Gasteiger partial charge in [0.25, 0.3) is 5.91 Å². The maximum absolute atomic E-state index is 12.7. The van der Waals surface area contributed by atoms with Crippen LogP contribution in [-0.2, 0) is 21.2 Å². The molecule has 0 bridgehead atoms. The monoisotopic (exact) mass is 402 g/mol. The van der Waals surface area contributed by atoms with Crippen LogP contribution in [0.5, 0.6) is 5.75 Å². The van der Waals surface area contributed by atoms with E-state index in [1.54, 1.807) is 43.3 Å². The summed E-state index contributed by atoms with van der Waals surface area (Å²) >= 11 is 0. The smallest absolute Gasteiger partial charge is 0.308 e. The van der Waals surface area contributed by atoms with E-state index in [-0.39, 0.29) is 17.1 Å². The number of anilines is 2. The number of benzene rings is 2. The summed E-state index contributed by atoms with van der Waals surface area (Å²) in [7, 11) is -3.39. The van der Waals surface area contributed by atoms with E-state index in [2.05, 4.69) is 5.32 Å². The van der Waals surface area contributed by atoms with E-state index in [9.17, 15) is 18.0 Å². The lowest BCUT2D eigenvalue weighted by molar-refractivity contribution is -0.131. The standard InChI is InChI=1S/C20H22N2O5S/c1-3-28(25,26)22-12-6-7-15-10-11-16(13-18(15)22)21-20(24)17-8-4-5-9-19(17)27-14(2)23/h4-5,8-11,13H,3,6-7,12H2,1-2H3,(H,21,24). The highest BCUT2D eigenvalue weighted by atomic mass is 32.2. The van der Waals surface area contributed by atoms with Crippen LogP contribution in [0.3, 0.4) is 0 Å².